The molecule has 1 aromatic heterocycles. The summed E-state index contributed by atoms with van der Waals surface area (Å²) in [5, 5.41) is 3.01. The minimum Gasteiger partial charge on any atom is -0.495 e. The molecule has 172 valence electrons. The molecule has 1 atom stereocenters. The molecule has 4 rings (SSSR count). The second-order valence-corrected chi connectivity index (χ2v) is 9.68. The fourth-order valence-electron chi connectivity index (χ4n) is 3.73. The molecule has 1 fully saturated rings. The second-order valence-electron chi connectivity index (χ2n) is 7.59. The van der Waals surface area contributed by atoms with E-state index in [0.717, 1.165) is 12.8 Å². The largest absolute Gasteiger partial charge is 0.495 e. The van der Waals surface area contributed by atoms with Gasteiger partial charge in [-0.25, -0.2) is 4.98 Å². The van der Waals surface area contributed by atoms with E-state index in [1.165, 1.54) is 29.4 Å². The molecule has 1 aliphatic heterocycles. The Bertz CT molecular complexity index is 1220. The number of thiazole rings is 1. The van der Waals surface area contributed by atoms with E-state index >= 15 is 0 Å². The summed E-state index contributed by atoms with van der Waals surface area (Å²) < 4.78 is 5.33. The van der Waals surface area contributed by atoms with E-state index in [2.05, 4.69) is 4.98 Å². The maximum Gasteiger partial charge on any atom is 0.273 e. The van der Waals surface area contributed by atoms with Gasteiger partial charge in [-0.05, 0) is 50.1 Å². The van der Waals surface area contributed by atoms with Crippen LogP contribution in [-0.4, -0.2) is 41.4 Å². The summed E-state index contributed by atoms with van der Waals surface area (Å²) in [7, 11) is 1.49. The van der Waals surface area contributed by atoms with Crippen molar-refractivity contribution in [3.8, 4) is 5.75 Å². The maximum absolute atomic E-state index is 13.6. The van der Waals surface area contributed by atoms with E-state index < -0.39 is 5.91 Å². The SMILES string of the molecule is COc1cc(N(C(=O)c2ccc(Cl)cc2Cl)c2nc(C(=O)N3CCCC3C)cs2)ccc1Cl. The van der Waals surface area contributed by atoms with Gasteiger partial charge in [0.15, 0.2) is 5.13 Å². The van der Waals surface area contributed by atoms with E-state index in [9.17, 15) is 9.59 Å². The molecule has 0 N–H and O–H groups in total. The topological polar surface area (TPSA) is 62.7 Å². The highest BCUT2D eigenvalue weighted by atomic mass is 35.5. The normalized spacial score (nSPS) is 15.5. The molecule has 0 bridgehead atoms. The Balaban J connectivity index is 1.77. The van der Waals surface area contributed by atoms with Crippen LogP contribution < -0.4 is 9.64 Å². The van der Waals surface area contributed by atoms with Crippen molar-refractivity contribution in [1.29, 1.82) is 0 Å². The number of hydrogen-bond acceptors (Lipinski definition) is 5. The van der Waals surface area contributed by atoms with Crippen molar-refractivity contribution in [2.45, 2.75) is 25.8 Å². The van der Waals surface area contributed by atoms with Crippen molar-refractivity contribution in [3.63, 3.8) is 0 Å². The molecule has 1 unspecified atom stereocenters. The molecule has 2 amide bonds. The predicted octanol–water partition coefficient (Wildman–Crippen LogP) is 6.71. The number of halogens is 3. The molecule has 1 saturated heterocycles. The van der Waals surface area contributed by atoms with E-state index in [0.29, 0.717) is 38.9 Å². The molecule has 0 saturated carbocycles. The Morgan fingerprint density at radius 2 is 1.94 bits per heavy atom. The van der Waals surface area contributed by atoms with Crippen molar-refractivity contribution in [1.82, 2.24) is 9.88 Å². The predicted molar refractivity (Wildman–Crippen MR) is 133 cm³/mol. The zero-order chi connectivity index (χ0) is 23.7. The summed E-state index contributed by atoms with van der Waals surface area (Å²) in [5.41, 5.74) is 1.01. The molecule has 10 heteroatoms. The first-order valence-corrected chi connectivity index (χ1v) is 12.2. The van der Waals surface area contributed by atoms with Gasteiger partial charge in [-0.3, -0.25) is 14.5 Å². The number of carbonyl (C=O) groups excluding carboxylic acids is 2. The number of ether oxygens (including phenoxy) is 1. The quantitative estimate of drug-likeness (QED) is 0.372. The van der Waals surface area contributed by atoms with Gasteiger partial charge in [0.25, 0.3) is 11.8 Å². The molecular weight excluding hydrogens is 505 g/mol. The summed E-state index contributed by atoms with van der Waals surface area (Å²) in [6, 6.07) is 9.75. The van der Waals surface area contributed by atoms with Gasteiger partial charge in [0.1, 0.15) is 11.4 Å². The number of nitrogens with zero attached hydrogens (tertiary/aromatic N) is 3. The Kier molecular flexibility index (Phi) is 7.14. The monoisotopic (exact) mass is 523 g/mol. The summed E-state index contributed by atoms with van der Waals surface area (Å²) in [4.78, 5) is 34.4. The molecule has 3 aromatic rings. The lowest BCUT2D eigenvalue weighted by Crippen LogP contribution is -2.34. The molecule has 0 radical (unpaired) electrons. The van der Waals surface area contributed by atoms with Crippen molar-refractivity contribution >= 4 is 68.8 Å². The van der Waals surface area contributed by atoms with Crippen LogP contribution in [-0.2, 0) is 0 Å². The third kappa shape index (κ3) is 4.82. The fourth-order valence-corrected chi connectivity index (χ4v) is 5.23. The highest BCUT2D eigenvalue weighted by molar-refractivity contribution is 7.14. The third-order valence-electron chi connectivity index (χ3n) is 5.47. The van der Waals surface area contributed by atoms with Gasteiger partial charge in [-0.1, -0.05) is 34.8 Å². The van der Waals surface area contributed by atoms with Crippen LogP contribution in [0.4, 0.5) is 10.8 Å². The average Bonchev–Trinajstić information content (AvgIpc) is 3.44. The van der Waals surface area contributed by atoms with Crippen molar-refractivity contribution < 1.29 is 14.3 Å². The number of benzene rings is 2. The summed E-state index contributed by atoms with van der Waals surface area (Å²) >= 11 is 19.7. The number of likely N-dealkylation sites (tertiary alicyclic amines) is 1. The summed E-state index contributed by atoms with van der Waals surface area (Å²) in [6.45, 7) is 2.72. The van der Waals surface area contributed by atoms with Crippen LogP contribution in [0.5, 0.6) is 5.75 Å². The third-order valence-corrected chi connectivity index (χ3v) is 7.16. The first-order chi connectivity index (χ1) is 15.8. The number of carbonyl (C=O) groups is 2. The number of rotatable bonds is 5. The highest BCUT2D eigenvalue weighted by Gasteiger charge is 2.30. The number of anilines is 2. The van der Waals surface area contributed by atoms with Crippen LogP contribution in [0.15, 0.2) is 41.8 Å². The summed E-state index contributed by atoms with van der Waals surface area (Å²) in [5.74, 6) is -0.176. The minimum absolute atomic E-state index is 0.145. The molecule has 1 aliphatic rings. The number of hydrogen-bond donors (Lipinski definition) is 0. The van der Waals surface area contributed by atoms with Gasteiger partial charge in [-0.15, -0.1) is 11.3 Å². The molecule has 2 heterocycles. The van der Waals surface area contributed by atoms with Crippen LogP contribution in [0.25, 0.3) is 0 Å². The van der Waals surface area contributed by atoms with Crippen molar-refractivity contribution in [2.24, 2.45) is 0 Å². The van der Waals surface area contributed by atoms with Crippen LogP contribution >= 0.6 is 46.1 Å². The van der Waals surface area contributed by atoms with Crippen molar-refractivity contribution in [2.75, 3.05) is 18.6 Å². The van der Waals surface area contributed by atoms with E-state index in [-0.39, 0.29) is 22.5 Å². The second kappa shape index (κ2) is 9.89. The molecule has 6 nitrogen and oxygen atoms in total. The smallest absolute Gasteiger partial charge is 0.273 e. The van der Waals surface area contributed by atoms with Gasteiger partial charge in [0, 0.05) is 29.1 Å². The van der Waals surface area contributed by atoms with Crippen molar-refractivity contribution in [3.05, 3.63) is 68.1 Å². The summed E-state index contributed by atoms with van der Waals surface area (Å²) in [6.07, 6.45) is 1.93. The van der Waals surface area contributed by atoms with Gasteiger partial charge in [0.05, 0.1) is 28.4 Å². The Morgan fingerprint density at radius 1 is 1.15 bits per heavy atom. The van der Waals surface area contributed by atoms with E-state index in [1.807, 2.05) is 11.8 Å². The van der Waals surface area contributed by atoms with Gasteiger partial charge >= 0.3 is 0 Å². The van der Waals surface area contributed by atoms with Crippen LogP contribution in [0.1, 0.15) is 40.6 Å². The Morgan fingerprint density at radius 3 is 2.61 bits per heavy atom. The molecule has 2 aromatic carbocycles. The van der Waals surface area contributed by atoms with Crippen LogP contribution in [0, 0.1) is 0 Å². The van der Waals surface area contributed by atoms with Gasteiger partial charge in [0.2, 0.25) is 0 Å². The number of amides is 2. The lowest BCUT2D eigenvalue weighted by Gasteiger charge is -2.22. The van der Waals surface area contributed by atoms with Gasteiger partial charge in [-0.2, -0.15) is 0 Å². The van der Waals surface area contributed by atoms with Crippen LogP contribution in [0.2, 0.25) is 15.1 Å². The fraction of sp³-hybridized carbons (Fsp3) is 0.261. The molecule has 0 aliphatic carbocycles. The lowest BCUT2D eigenvalue weighted by molar-refractivity contribution is 0.0742. The minimum atomic E-state index is -0.427. The Hall–Kier alpha value is -2.32. The zero-order valence-electron chi connectivity index (χ0n) is 17.8. The number of aromatic nitrogens is 1. The zero-order valence-corrected chi connectivity index (χ0v) is 20.9. The molecule has 0 spiro atoms. The van der Waals surface area contributed by atoms with Crippen LogP contribution in [0.3, 0.4) is 0 Å². The molecular formula is C23H20Cl3N3O3S. The standard InChI is InChI=1S/C23H20Cl3N3O3S/c1-13-4-3-9-28(13)22(31)19-12-33-23(27-19)29(15-6-8-17(25)20(11-15)32-2)21(30)16-7-5-14(24)10-18(16)26/h5-8,10-13H,3-4,9H2,1-2H3. The lowest BCUT2D eigenvalue weighted by atomic mass is 10.2. The van der Waals surface area contributed by atoms with Gasteiger partial charge < -0.3 is 9.64 Å². The number of methoxy groups -OCH3 is 1. The Labute approximate surface area is 210 Å². The molecule has 33 heavy (non-hydrogen) atoms. The average molecular weight is 525 g/mol. The van der Waals surface area contributed by atoms with E-state index in [1.54, 1.807) is 35.7 Å². The first kappa shape index (κ1) is 23.8. The highest BCUT2D eigenvalue weighted by Crippen LogP contribution is 2.37. The maximum atomic E-state index is 13.6. The first-order valence-electron chi connectivity index (χ1n) is 10.2. The van der Waals surface area contributed by atoms with E-state index in [4.69, 9.17) is 39.5 Å².